The third kappa shape index (κ3) is 2.75. The standard InChI is InChI=1S/C17H15ClN4O/c18-12-5-7-13(8-6-12)19-17(23)22-9-11(10-22)16-20-14-3-1-2-4-15(14)21-16/h1-8,11H,9-10H2,(H,19,23)(H,20,21). The highest BCUT2D eigenvalue weighted by molar-refractivity contribution is 6.30. The lowest BCUT2D eigenvalue weighted by Gasteiger charge is -2.37. The van der Waals surface area contributed by atoms with Crippen LogP contribution in [-0.4, -0.2) is 34.0 Å². The number of imidazole rings is 1. The van der Waals surface area contributed by atoms with E-state index < -0.39 is 0 Å². The first-order valence-corrected chi connectivity index (χ1v) is 7.83. The van der Waals surface area contributed by atoms with Crippen LogP contribution in [0.15, 0.2) is 48.5 Å². The van der Waals surface area contributed by atoms with Crippen LogP contribution in [0.25, 0.3) is 11.0 Å². The van der Waals surface area contributed by atoms with Crippen LogP contribution in [0.4, 0.5) is 10.5 Å². The molecule has 0 radical (unpaired) electrons. The van der Waals surface area contributed by atoms with Gasteiger partial charge in [-0.05, 0) is 36.4 Å². The topological polar surface area (TPSA) is 61.0 Å². The molecule has 23 heavy (non-hydrogen) atoms. The van der Waals surface area contributed by atoms with Crippen molar-refractivity contribution in [2.45, 2.75) is 5.92 Å². The highest BCUT2D eigenvalue weighted by atomic mass is 35.5. The molecule has 0 aliphatic carbocycles. The quantitative estimate of drug-likeness (QED) is 0.751. The van der Waals surface area contributed by atoms with E-state index in [2.05, 4.69) is 15.3 Å². The van der Waals surface area contributed by atoms with Crippen molar-refractivity contribution in [1.29, 1.82) is 0 Å². The number of carbonyl (C=O) groups is 1. The number of hydrogen-bond donors (Lipinski definition) is 2. The maximum absolute atomic E-state index is 12.2. The zero-order valence-corrected chi connectivity index (χ0v) is 13.0. The maximum Gasteiger partial charge on any atom is 0.321 e. The third-order valence-electron chi connectivity index (χ3n) is 4.06. The summed E-state index contributed by atoms with van der Waals surface area (Å²) in [6.07, 6.45) is 0. The molecule has 116 valence electrons. The van der Waals surface area contributed by atoms with E-state index in [0.29, 0.717) is 18.1 Å². The molecular weight excluding hydrogens is 312 g/mol. The van der Waals surface area contributed by atoms with Crippen LogP contribution in [-0.2, 0) is 0 Å². The first kappa shape index (κ1) is 14.1. The Labute approximate surface area is 138 Å². The summed E-state index contributed by atoms with van der Waals surface area (Å²) in [6.45, 7) is 1.33. The largest absolute Gasteiger partial charge is 0.342 e. The van der Waals surface area contributed by atoms with Crippen LogP contribution in [0, 0.1) is 0 Å². The van der Waals surface area contributed by atoms with Gasteiger partial charge in [-0.3, -0.25) is 0 Å². The van der Waals surface area contributed by atoms with Gasteiger partial charge in [0.05, 0.1) is 17.0 Å². The van der Waals surface area contributed by atoms with Crippen molar-refractivity contribution in [3.63, 3.8) is 0 Å². The predicted octanol–water partition coefficient (Wildman–Crippen LogP) is 3.85. The molecule has 0 bridgehead atoms. The number of anilines is 1. The molecular formula is C17H15ClN4O. The lowest BCUT2D eigenvalue weighted by molar-refractivity contribution is 0.161. The molecule has 5 nitrogen and oxygen atoms in total. The minimum Gasteiger partial charge on any atom is -0.342 e. The number of likely N-dealkylation sites (tertiary alicyclic amines) is 1. The van der Waals surface area contributed by atoms with Crippen molar-refractivity contribution in [1.82, 2.24) is 14.9 Å². The fraction of sp³-hybridized carbons (Fsp3) is 0.176. The van der Waals surface area contributed by atoms with E-state index in [1.807, 2.05) is 24.3 Å². The molecule has 0 unspecified atom stereocenters. The molecule has 4 rings (SSSR count). The summed E-state index contributed by atoms with van der Waals surface area (Å²) in [7, 11) is 0. The number of amides is 2. The fourth-order valence-electron chi connectivity index (χ4n) is 2.72. The molecule has 1 saturated heterocycles. The van der Waals surface area contributed by atoms with E-state index in [1.165, 1.54) is 0 Å². The molecule has 1 aromatic heterocycles. The van der Waals surface area contributed by atoms with Crippen LogP contribution in [0.1, 0.15) is 11.7 Å². The molecule has 0 saturated carbocycles. The molecule has 6 heteroatoms. The number of aromatic nitrogens is 2. The lowest BCUT2D eigenvalue weighted by Crippen LogP contribution is -2.50. The molecule has 3 aromatic rings. The van der Waals surface area contributed by atoms with Gasteiger partial charge >= 0.3 is 6.03 Å². The zero-order valence-electron chi connectivity index (χ0n) is 12.3. The number of halogens is 1. The summed E-state index contributed by atoms with van der Waals surface area (Å²) < 4.78 is 0. The van der Waals surface area contributed by atoms with Crippen molar-refractivity contribution in [3.05, 3.63) is 59.4 Å². The molecule has 2 heterocycles. The smallest absolute Gasteiger partial charge is 0.321 e. The number of rotatable bonds is 2. The Hall–Kier alpha value is -2.53. The number of benzene rings is 2. The molecule has 0 spiro atoms. The summed E-state index contributed by atoms with van der Waals surface area (Å²) in [4.78, 5) is 21.9. The van der Waals surface area contributed by atoms with Crippen molar-refractivity contribution >= 4 is 34.4 Å². The summed E-state index contributed by atoms with van der Waals surface area (Å²) in [5, 5.41) is 3.52. The van der Waals surface area contributed by atoms with E-state index in [-0.39, 0.29) is 11.9 Å². The Balaban J connectivity index is 1.38. The third-order valence-corrected chi connectivity index (χ3v) is 4.31. The number of aromatic amines is 1. The Morgan fingerprint density at radius 2 is 1.91 bits per heavy atom. The Kier molecular flexibility index (Phi) is 3.42. The first-order chi connectivity index (χ1) is 11.2. The highest BCUT2D eigenvalue weighted by Crippen LogP contribution is 2.27. The molecule has 2 amide bonds. The molecule has 2 aromatic carbocycles. The predicted molar refractivity (Wildman–Crippen MR) is 90.9 cm³/mol. The second-order valence-corrected chi connectivity index (χ2v) is 6.11. The lowest BCUT2D eigenvalue weighted by atomic mass is 10.0. The average Bonchev–Trinajstić information content (AvgIpc) is 2.91. The summed E-state index contributed by atoms with van der Waals surface area (Å²) in [5.74, 6) is 1.21. The van der Waals surface area contributed by atoms with Crippen LogP contribution in [0.3, 0.4) is 0 Å². The van der Waals surface area contributed by atoms with Gasteiger partial charge in [0, 0.05) is 23.8 Å². The number of para-hydroxylation sites is 2. The minimum absolute atomic E-state index is 0.0975. The second kappa shape index (κ2) is 5.59. The normalized spacial score (nSPS) is 14.7. The van der Waals surface area contributed by atoms with Crippen molar-refractivity contribution in [2.75, 3.05) is 18.4 Å². The van der Waals surface area contributed by atoms with Gasteiger partial charge in [-0.1, -0.05) is 23.7 Å². The Bertz CT molecular complexity index is 819. The van der Waals surface area contributed by atoms with Crippen molar-refractivity contribution in [3.8, 4) is 0 Å². The van der Waals surface area contributed by atoms with Crippen LogP contribution in [0.2, 0.25) is 5.02 Å². The Morgan fingerprint density at radius 1 is 1.17 bits per heavy atom. The number of nitrogens with zero attached hydrogens (tertiary/aromatic N) is 2. The monoisotopic (exact) mass is 326 g/mol. The van der Waals surface area contributed by atoms with Crippen LogP contribution < -0.4 is 5.32 Å². The van der Waals surface area contributed by atoms with Gasteiger partial charge in [0.25, 0.3) is 0 Å². The summed E-state index contributed by atoms with van der Waals surface area (Å²) in [6, 6.07) is 14.9. The number of nitrogens with one attached hydrogen (secondary N) is 2. The highest BCUT2D eigenvalue weighted by Gasteiger charge is 2.33. The van der Waals surface area contributed by atoms with Gasteiger partial charge in [0.1, 0.15) is 5.82 Å². The minimum atomic E-state index is -0.0975. The number of hydrogen-bond acceptors (Lipinski definition) is 2. The van der Waals surface area contributed by atoms with Gasteiger partial charge < -0.3 is 15.2 Å². The average molecular weight is 327 g/mol. The van der Waals surface area contributed by atoms with Crippen molar-refractivity contribution in [2.24, 2.45) is 0 Å². The molecule has 1 fully saturated rings. The Morgan fingerprint density at radius 3 is 2.65 bits per heavy atom. The number of urea groups is 1. The van der Waals surface area contributed by atoms with Gasteiger partial charge in [-0.15, -0.1) is 0 Å². The van der Waals surface area contributed by atoms with E-state index in [1.54, 1.807) is 29.2 Å². The number of H-pyrrole nitrogens is 1. The van der Waals surface area contributed by atoms with Gasteiger partial charge in [0.15, 0.2) is 0 Å². The first-order valence-electron chi connectivity index (χ1n) is 7.45. The van der Waals surface area contributed by atoms with E-state index in [4.69, 9.17) is 11.6 Å². The fourth-order valence-corrected chi connectivity index (χ4v) is 2.84. The van der Waals surface area contributed by atoms with Crippen LogP contribution in [0.5, 0.6) is 0 Å². The van der Waals surface area contributed by atoms with Crippen LogP contribution >= 0.6 is 11.6 Å². The summed E-state index contributed by atoms with van der Waals surface area (Å²) >= 11 is 5.84. The molecule has 2 N–H and O–H groups in total. The van der Waals surface area contributed by atoms with E-state index >= 15 is 0 Å². The molecule has 0 atom stereocenters. The van der Waals surface area contributed by atoms with Gasteiger partial charge in [-0.2, -0.15) is 0 Å². The van der Waals surface area contributed by atoms with Gasteiger partial charge in [-0.25, -0.2) is 9.78 Å². The number of carbonyl (C=O) groups excluding carboxylic acids is 1. The second-order valence-electron chi connectivity index (χ2n) is 5.68. The number of fused-ring (bicyclic) bond motifs is 1. The molecule has 1 aliphatic heterocycles. The van der Waals surface area contributed by atoms with E-state index in [0.717, 1.165) is 22.5 Å². The zero-order chi connectivity index (χ0) is 15.8. The van der Waals surface area contributed by atoms with Crippen molar-refractivity contribution < 1.29 is 4.79 Å². The van der Waals surface area contributed by atoms with E-state index in [9.17, 15) is 4.79 Å². The molecule has 1 aliphatic rings. The maximum atomic E-state index is 12.2. The van der Waals surface area contributed by atoms with Gasteiger partial charge in [0.2, 0.25) is 0 Å². The summed E-state index contributed by atoms with van der Waals surface area (Å²) in [5.41, 5.74) is 2.74. The SMILES string of the molecule is O=C(Nc1ccc(Cl)cc1)N1CC(c2nc3ccccc3[nH]2)C1.